The minimum atomic E-state index is 0.820. The Balaban J connectivity index is 1.75. The standard InChI is InChI=1S/C16H24BrClN2/c1-14(5-7-17)6-8-19-9-11-20(12-10-19)16-4-2-3-15(18)13-16/h2-4,13-14H,5-12H2,1H3. The highest BCUT2D eigenvalue weighted by molar-refractivity contribution is 9.09. The maximum Gasteiger partial charge on any atom is 0.0426 e. The van der Waals surface area contributed by atoms with Gasteiger partial charge in [-0.05, 0) is 43.5 Å². The molecule has 1 unspecified atom stereocenters. The highest BCUT2D eigenvalue weighted by Gasteiger charge is 2.17. The van der Waals surface area contributed by atoms with E-state index >= 15 is 0 Å². The summed E-state index contributed by atoms with van der Waals surface area (Å²) in [6.07, 6.45) is 2.59. The number of anilines is 1. The first kappa shape index (κ1) is 16.1. The van der Waals surface area contributed by atoms with Gasteiger partial charge in [-0.15, -0.1) is 0 Å². The van der Waals surface area contributed by atoms with Crippen LogP contribution >= 0.6 is 27.5 Å². The molecule has 1 aliphatic rings. The summed E-state index contributed by atoms with van der Waals surface area (Å²) in [6.45, 7) is 8.11. The lowest BCUT2D eigenvalue weighted by Gasteiger charge is -2.36. The summed E-state index contributed by atoms with van der Waals surface area (Å²) >= 11 is 9.59. The number of hydrogen-bond donors (Lipinski definition) is 0. The molecule has 1 saturated heterocycles. The predicted octanol–water partition coefficient (Wildman–Crippen LogP) is 4.27. The van der Waals surface area contributed by atoms with Crippen LogP contribution in [0.15, 0.2) is 24.3 Å². The van der Waals surface area contributed by atoms with Crippen molar-refractivity contribution in [1.29, 1.82) is 0 Å². The maximum absolute atomic E-state index is 6.07. The third kappa shape index (κ3) is 4.94. The fourth-order valence-electron chi connectivity index (χ4n) is 2.64. The van der Waals surface area contributed by atoms with Crippen LogP contribution in [0.2, 0.25) is 5.02 Å². The summed E-state index contributed by atoms with van der Waals surface area (Å²) in [5.74, 6) is 0.820. The topological polar surface area (TPSA) is 6.48 Å². The van der Waals surface area contributed by atoms with Gasteiger partial charge in [-0.25, -0.2) is 0 Å². The van der Waals surface area contributed by atoms with Gasteiger partial charge in [-0.2, -0.15) is 0 Å². The van der Waals surface area contributed by atoms with E-state index < -0.39 is 0 Å². The van der Waals surface area contributed by atoms with E-state index in [4.69, 9.17) is 11.6 Å². The Bertz CT molecular complexity index is 405. The van der Waals surface area contributed by atoms with Crippen LogP contribution in [-0.2, 0) is 0 Å². The first-order valence-electron chi connectivity index (χ1n) is 7.48. The van der Waals surface area contributed by atoms with Crippen molar-refractivity contribution in [3.8, 4) is 0 Å². The van der Waals surface area contributed by atoms with Crippen LogP contribution in [0, 0.1) is 5.92 Å². The van der Waals surface area contributed by atoms with Crippen molar-refractivity contribution in [2.24, 2.45) is 5.92 Å². The summed E-state index contributed by atoms with van der Waals surface area (Å²) < 4.78 is 0. The van der Waals surface area contributed by atoms with Crippen LogP contribution in [0.3, 0.4) is 0 Å². The largest absolute Gasteiger partial charge is 0.369 e. The van der Waals surface area contributed by atoms with Crippen molar-refractivity contribution in [3.05, 3.63) is 29.3 Å². The van der Waals surface area contributed by atoms with E-state index in [-0.39, 0.29) is 0 Å². The molecular formula is C16H24BrClN2. The van der Waals surface area contributed by atoms with E-state index in [1.165, 1.54) is 25.1 Å². The number of rotatable bonds is 6. The summed E-state index contributed by atoms with van der Waals surface area (Å²) in [5, 5.41) is 1.95. The van der Waals surface area contributed by atoms with Crippen molar-refractivity contribution < 1.29 is 0 Å². The Morgan fingerprint density at radius 3 is 2.60 bits per heavy atom. The van der Waals surface area contributed by atoms with Crippen LogP contribution < -0.4 is 4.90 Å². The van der Waals surface area contributed by atoms with E-state index in [1.54, 1.807) is 0 Å². The molecule has 0 spiro atoms. The maximum atomic E-state index is 6.07. The lowest BCUT2D eigenvalue weighted by atomic mass is 10.0. The Hall–Kier alpha value is -0.250. The zero-order chi connectivity index (χ0) is 14.4. The molecule has 1 atom stereocenters. The number of nitrogens with zero attached hydrogens (tertiary/aromatic N) is 2. The molecule has 2 rings (SSSR count). The predicted molar refractivity (Wildman–Crippen MR) is 92.3 cm³/mol. The molecule has 0 bridgehead atoms. The number of benzene rings is 1. The minimum Gasteiger partial charge on any atom is -0.369 e. The third-order valence-corrected chi connectivity index (χ3v) is 4.78. The first-order valence-corrected chi connectivity index (χ1v) is 8.98. The number of hydrogen-bond acceptors (Lipinski definition) is 2. The second-order valence-corrected chi connectivity index (χ2v) is 6.91. The molecule has 0 aromatic heterocycles. The molecule has 0 aliphatic carbocycles. The van der Waals surface area contributed by atoms with Gasteiger partial charge >= 0.3 is 0 Å². The van der Waals surface area contributed by atoms with Crippen molar-refractivity contribution >= 4 is 33.2 Å². The zero-order valence-electron chi connectivity index (χ0n) is 12.2. The molecule has 1 aliphatic heterocycles. The molecule has 2 nitrogen and oxygen atoms in total. The molecular weight excluding hydrogens is 336 g/mol. The average Bonchev–Trinajstić information content (AvgIpc) is 2.46. The van der Waals surface area contributed by atoms with Crippen molar-refractivity contribution in [2.75, 3.05) is 43.0 Å². The van der Waals surface area contributed by atoms with Gasteiger partial charge in [0.25, 0.3) is 0 Å². The molecule has 1 fully saturated rings. The Morgan fingerprint density at radius 1 is 1.20 bits per heavy atom. The van der Waals surface area contributed by atoms with Crippen molar-refractivity contribution in [1.82, 2.24) is 4.90 Å². The quantitative estimate of drug-likeness (QED) is 0.700. The number of halogens is 2. The van der Waals surface area contributed by atoms with Gasteiger partial charge in [0.2, 0.25) is 0 Å². The van der Waals surface area contributed by atoms with E-state index in [0.717, 1.165) is 42.4 Å². The third-order valence-electron chi connectivity index (χ3n) is 4.09. The average molecular weight is 360 g/mol. The molecule has 1 heterocycles. The highest BCUT2D eigenvalue weighted by Crippen LogP contribution is 2.21. The Morgan fingerprint density at radius 2 is 1.95 bits per heavy atom. The van der Waals surface area contributed by atoms with Crippen LogP contribution in [0.25, 0.3) is 0 Å². The van der Waals surface area contributed by atoms with Crippen LogP contribution in [0.4, 0.5) is 5.69 Å². The first-order chi connectivity index (χ1) is 9.69. The number of alkyl halides is 1. The summed E-state index contributed by atoms with van der Waals surface area (Å²) in [6, 6.07) is 8.19. The molecule has 1 aromatic rings. The summed E-state index contributed by atoms with van der Waals surface area (Å²) in [7, 11) is 0. The minimum absolute atomic E-state index is 0.820. The van der Waals surface area contributed by atoms with Gasteiger partial charge in [0.1, 0.15) is 0 Å². The van der Waals surface area contributed by atoms with E-state index in [1.807, 2.05) is 12.1 Å². The molecule has 0 radical (unpaired) electrons. The van der Waals surface area contributed by atoms with Gasteiger partial charge in [-0.1, -0.05) is 40.5 Å². The monoisotopic (exact) mass is 358 g/mol. The van der Waals surface area contributed by atoms with Crippen LogP contribution in [0.1, 0.15) is 19.8 Å². The number of piperazine rings is 1. The van der Waals surface area contributed by atoms with Crippen LogP contribution in [0.5, 0.6) is 0 Å². The summed E-state index contributed by atoms with van der Waals surface area (Å²) in [4.78, 5) is 5.02. The fraction of sp³-hybridized carbons (Fsp3) is 0.625. The van der Waals surface area contributed by atoms with Gasteiger partial charge in [0.05, 0.1) is 0 Å². The second-order valence-electron chi connectivity index (χ2n) is 5.68. The summed E-state index contributed by atoms with van der Waals surface area (Å²) in [5.41, 5.74) is 1.25. The normalized spacial score (nSPS) is 18.2. The Labute approximate surface area is 136 Å². The molecule has 112 valence electrons. The van der Waals surface area contributed by atoms with Crippen molar-refractivity contribution in [2.45, 2.75) is 19.8 Å². The van der Waals surface area contributed by atoms with E-state index in [9.17, 15) is 0 Å². The fourth-order valence-corrected chi connectivity index (χ4v) is 3.60. The van der Waals surface area contributed by atoms with Gasteiger partial charge in [0.15, 0.2) is 0 Å². The highest BCUT2D eigenvalue weighted by atomic mass is 79.9. The van der Waals surface area contributed by atoms with Crippen LogP contribution in [-0.4, -0.2) is 43.0 Å². The molecule has 1 aromatic carbocycles. The second kappa shape index (κ2) is 8.26. The zero-order valence-corrected chi connectivity index (χ0v) is 14.5. The SMILES string of the molecule is CC(CCBr)CCN1CCN(c2cccc(Cl)c2)CC1. The molecule has 0 saturated carbocycles. The lowest BCUT2D eigenvalue weighted by molar-refractivity contribution is 0.240. The molecule has 0 amide bonds. The Kier molecular flexibility index (Phi) is 6.66. The van der Waals surface area contributed by atoms with Crippen molar-refractivity contribution in [3.63, 3.8) is 0 Å². The van der Waals surface area contributed by atoms with E-state index in [2.05, 4.69) is 44.8 Å². The molecule has 20 heavy (non-hydrogen) atoms. The smallest absolute Gasteiger partial charge is 0.0426 e. The molecule has 4 heteroatoms. The van der Waals surface area contributed by atoms with Gasteiger partial charge in [0, 0.05) is 42.2 Å². The van der Waals surface area contributed by atoms with Gasteiger partial charge in [-0.3, -0.25) is 4.90 Å². The van der Waals surface area contributed by atoms with E-state index in [0.29, 0.717) is 0 Å². The van der Waals surface area contributed by atoms with Gasteiger partial charge < -0.3 is 4.90 Å². The lowest BCUT2D eigenvalue weighted by Crippen LogP contribution is -2.46. The molecule has 0 N–H and O–H groups in total.